The average molecular weight is 370 g/mol. The van der Waals surface area contributed by atoms with Crippen LogP contribution in [0.15, 0.2) is 35.4 Å². The van der Waals surface area contributed by atoms with E-state index in [4.69, 9.17) is 17.0 Å². The van der Waals surface area contributed by atoms with Crippen molar-refractivity contribution >= 4 is 29.2 Å². The highest BCUT2D eigenvalue weighted by Crippen LogP contribution is 2.25. The van der Waals surface area contributed by atoms with E-state index in [1.54, 1.807) is 29.1 Å². The Labute approximate surface area is 154 Å². The Morgan fingerprint density at radius 2 is 2.23 bits per heavy atom. The van der Waals surface area contributed by atoms with Gasteiger partial charge in [0.25, 0.3) is 5.56 Å². The highest BCUT2D eigenvalue weighted by atomic mass is 32.1. The molecular weight excluding hydrogens is 352 g/mol. The summed E-state index contributed by atoms with van der Waals surface area (Å²) in [6, 6.07) is 5.14. The average Bonchev–Trinajstić information content (AvgIpc) is 2.66. The van der Waals surface area contributed by atoms with Crippen LogP contribution in [0.2, 0.25) is 0 Å². The molecule has 0 aliphatic rings. The number of fused-ring (bicyclic) bond motifs is 1. The number of carbonyl (C=O) groups excluding carboxylic acids is 1. The summed E-state index contributed by atoms with van der Waals surface area (Å²) < 4.78 is 6.91. The number of nitrogens with one attached hydrogen (secondary N) is 1. The van der Waals surface area contributed by atoms with Crippen molar-refractivity contribution in [3.05, 3.63) is 51.3 Å². The zero-order valence-corrected chi connectivity index (χ0v) is 15.5. The Morgan fingerprint density at radius 3 is 2.85 bits per heavy atom. The number of aromatic nitrogens is 4. The largest absolute Gasteiger partial charge is 0.465 e. The second kappa shape index (κ2) is 7.17. The van der Waals surface area contributed by atoms with Crippen LogP contribution in [0.5, 0.6) is 0 Å². The maximum Gasteiger partial charge on any atom is 0.338 e. The number of methoxy groups -OCH3 is 1. The number of hydrogen-bond acceptors (Lipinski definition) is 6. The molecule has 0 spiro atoms. The van der Waals surface area contributed by atoms with Crippen molar-refractivity contribution in [1.29, 1.82) is 0 Å². The van der Waals surface area contributed by atoms with E-state index in [-0.39, 0.29) is 21.8 Å². The van der Waals surface area contributed by atoms with E-state index in [9.17, 15) is 9.59 Å². The maximum absolute atomic E-state index is 12.6. The van der Waals surface area contributed by atoms with Gasteiger partial charge in [0.1, 0.15) is 5.65 Å². The van der Waals surface area contributed by atoms with Crippen LogP contribution in [-0.4, -0.2) is 32.6 Å². The lowest BCUT2D eigenvalue weighted by molar-refractivity contribution is 0.0603. The summed E-state index contributed by atoms with van der Waals surface area (Å²) in [5.74, 6) is -0.610. The molecule has 8 heteroatoms. The first-order valence-corrected chi connectivity index (χ1v) is 8.57. The number of ether oxygens (including phenoxy) is 1. The fraction of sp³-hybridized carbons (Fsp3) is 0.278. The molecule has 7 nitrogen and oxygen atoms in total. The van der Waals surface area contributed by atoms with Gasteiger partial charge < -0.3 is 4.74 Å². The van der Waals surface area contributed by atoms with Crippen molar-refractivity contribution in [2.45, 2.75) is 26.3 Å². The number of carbonyl (C=O) groups is 1. The zero-order valence-electron chi connectivity index (χ0n) is 14.6. The van der Waals surface area contributed by atoms with Crippen molar-refractivity contribution in [2.75, 3.05) is 7.11 Å². The minimum atomic E-state index is -0.610. The van der Waals surface area contributed by atoms with Gasteiger partial charge in [-0.2, -0.15) is 0 Å². The summed E-state index contributed by atoms with van der Waals surface area (Å²) in [7, 11) is 1.27. The lowest BCUT2D eigenvalue weighted by atomic mass is 10.1. The third kappa shape index (κ3) is 3.03. The number of esters is 1. The quantitative estimate of drug-likeness (QED) is 0.560. The molecule has 3 aromatic rings. The van der Waals surface area contributed by atoms with Gasteiger partial charge in [0, 0.05) is 24.0 Å². The summed E-state index contributed by atoms with van der Waals surface area (Å²) in [5, 5.41) is 0.165. The van der Waals surface area contributed by atoms with Gasteiger partial charge in [0.15, 0.2) is 4.77 Å². The number of pyridine rings is 2. The van der Waals surface area contributed by atoms with Crippen LogP contribution in [-0.2, 0) is 4.74 Å². The molecule has 0 amide bonds. The first-order chi connectivity index (χ1) is 12.5. The molecule has 26 heavy (non-hydrogen) atoms. The predicted molar refractivity (Wildman–Crippen MR) is 101 cm³/mol. The molecule has 0 aliphatic heterocycles. The molecule has 0 saturated carbocycles. The van der Waals surface area contributed by atoms with Gasteiger partial charge in [-0.1, -0.05) is 6.92 Å². The summed E-state index contributed by atoms with van der Waals surface area (Å²) in [6.07, 6.45) is 4.07. The van der Waals surface area contributed by atoms with Crippen LogP contribution in [0.4, 0.5) is 0 Å². The lowest BCUT2D eigenvalue weighted by Crippen LogP contribution is -2.21. The van der Waals surface area contributed by atoms with Crippen LogP contribution in [0.25, 0.3) is 22.3 Å². The van der Waals surface area contributed by atoms with Gasteiger partial charge in [-0.25, -0.2) is 9.78 Å². The fourth-order valence-electron chi connectivity index (χ4n) is 2.77. The van der Waals surface area contributed by atoms with E-state index in [2.05, 4.69) is 15.0 Å². The fourth-order valence-corrected chi connectivity index (χ4v) is 3.13. The van der Waals surface area contributed by atoms with Crippen LogP contribution in [0.1, 0.15) is 36.7 Å². The van der Waals surface area contributed by atoms with Crippen LogP contribution >= 0.6 is 12.2 Å². The molecule has 134 valence electrons. The first kappa shape index (κ1) is 17.9. The smallest absolute Gasteiger partial charge is 0.338 e. The maximum atomic E-state index is 12.6. The summed E-state index contributed by atoms with van der Waals surface area (Å²) in [4.78, 5) is 36.3. The van der Waals surface area contributed by atoms with Crippen LogP contribution < -0.4 is 5.56 Å². The van der Waals surface area contributed by atoms with Gasteiger partial charge >= 0.3 is 5.97 Å². The Morgan fingerprint density at radius 1 is 1.46 bits per heavy atom. The summed E-state index contributed by atoms with van der Waals surface area (Å²) in [5.41, 5.74) is 1.28. The van der Waals surface area contributed by atoms with Gasteiger partial charge in [0.05, 0.1) is 23.8 Å². The van der Waals surface area contributed by atoms with E-state index in [0.29, 0.717) is 11.3 Å². The third-order valence-electron chi connectivity index (χ3n) is 4.29. The second-order valence-corrected chi connectivity index (χ2v) is 6.26. The Hall–Kier alpha value is -2.87. The minimum absolute atomic E-state index is 0.0102. The molecule has 3 aromatic heterocycles. The predicted octanol–water partition coefficient (Wildman–Crippen LogP) is 3.27. The topological polar surface area (TPSA) is 89.9 Å². The van der Waals surface area contributed by atoms with E-state index < -0.39 is 11.5 Å². The number of rotatable bonds is 4. The molecule has 0 radical (unpaired) electrons. The number of aromatic amines is 1. The summed E-state index contributed by atoms with van der Waals surface area (Å²) in [6.45, 7) is 3.99. The molecule has 0 bridgehead atoms. The zero-order chi connectivity index (χ0) is 18.8. The standard InChI is InChI=1S/C18H18N4O3S/c1-4-10(2)22-15-14(16(23)21-18(22)26)12(17(24)25-3)8-13(20-15)11-6-5-7-19-9-11/h5-10H,4H2,1-3H3,(H,21,23,26)/t10-/m1/s1. The summed E-state index contributed by atoms with van der Waals surface area (Å²) >= 11 is 5.35. The van der Waals surface area contributed by atoms with E-state index in [0.717, 1.165) is 12.0 Å². The number of nitrogens with zero attached hydrogens (tertiary/aromatic N) is 3. The molecule has 0 saturated heterocycles. The monoisotopic (exact) mass is 370 g/mol. The number of hydrogen-bond donors (Lipinski definition) is 1. The Balaban J connectivity index is 2.50. The molecule has 1 atom stereocenters. The van der Waals surface area contributed by atoms with Crippen molar-refractivity contribution in [2.24, 2.45) is 0 Å². The van der Waals surface area contributed by atoms with E-state index in [1.807, 2.05) is 19.9 Å². The molecule has 0 fully saturated rings. The molecule has 1 N–H and O–H groups in total. The molecule has 3 rings (SSSR count). The van der Waals surface area contributed by atoms with E-state index in [1.165, 1.54) is 7.11 Å². The Bertz CT molecular complexity index is 1090. The molecular formula is C18H18N4O3S. The molecule has 0 unspecified atom stereocenters. The SMILES string of the molecule is CC[C@@H](C)n1c(=S)[nH]c(=O)c2c(C(=O)OC)cc(-c3cccnc3)nc21. The molecule has 0 aromatic carbocycles. The van der Waals surface area contributed by atoms with Crippen molar-refractivity contribution in [1.82, 2.24) is 19.5 Å². The van der Waals surface area contributed by atoms with Crippen LogP contribution in [0.3, 0.4) is 0 Å². The van der Waals surface area contributed by atoms with E-state index >= 15 is 0 Å². The van der Waals surface area contributed by atoms with Crippen molar-refractivity contribution < 1.29 is 9.53 Å². The first-order valence-electron chi connectivity index (χ1n) is 8.16. The minimum Gasteiger partial charge on any atom is -0.465 e. The molecule has 3 heterocycles. The normalized spacial score (nSPS) is 12.1. The number of H-pyrrole nitrogens is 1. The van der Waals surface area contributed by atoms with Crippen LogP contribution in [0, 0.1) is 4.77 Å². The van der Waals surface area contributed by atoms with Gasteiger partial charge in [-0.15, -0.1) is 0 Å². The van der Waals surface area contributed by atoms with Gasteiger partial charge in [-0.3, -0.25) is 19.3 Å². The highest BCUT2D eigenvalue weighted by molar-refractivity contribution is 7.71. The lowest BCUT2D eigenvalue weighted by Gasteiger charge is -2.18. The molecule has 0 aliphatic carbocycles. The third-order valence-corrected chi connectivity index (χ3v) is 4.59. The highest BCUT2D eigenvalue weighted by Gasteiger charge is 2.21. The van der Waals surface area contributed by atoms with Gasteiger partial charge in [0.2, 0.25) is 0 Å². The van der Waals surface area contributed by atoms with Crippen molar-refractivity contribution in [3.63, 3.8) is 0 Å². The van der Waals surface area contributed by atoms with Gasteiger partial charge in [-0.05, 0) is 43.8 Å². The van der Waals surface area contributed by atoms with Crippen molar-refractivity contribution in [3.8, 4) is 11.3 Å². The second-order valence-electron chi connectivity index (χ2n) is 5.87. The Kier molecular flexibility index (Phi) is 4.94.